The minimum absolute atomic E-state index is 0.0627. The standard InChI is InChI=1S/C14H25NO4/c1-3-5-11-15(14(17)18-4-2)19-13(16)12-9-7-6-8-10-12/h12H,3-11H2,1-2H3. The molecule has 0 bridgehead atoms. The number of rotatable bonds is 5. The van der Waals surface area contributed by atoms with Crippen molar-refractivity contribution in [3.63, 3.8) is 0 Å². The van der Waals surface area contributed by atoms with Crippen molar-refractivity contribution in [2.24, 2.45) is 5.92 Å². The minimum Gasteiger partial charge on any atom is -0.448 e. The second-order valence-corrected chi connectivity index (χ2v) is 4.90. The molecule has 0 aromatic rings. The van der Waals surface area contributed by atoms with Crippen molar-refractivity contribution in [1.29, 1.82) is 0 Å². The number of hydrogen-bond donors (Lipinski definition) is 0. The van der Waals surface area contributed by atoms with Gasteiger partial charge in [0.05, 0.1) is 19.1 Å². The normalized spacial score (nSPS) is 15.9. The van der Waals surface area contributed by atoms with Crippen molar-refractivity contribution in [2.75, 3.05) is 13.2 Å². The van der Waals surface area contributed by atoms with Crippen LogP contribution < -0.4 is 0 Å². The van der Waals surface area contributed by atoms with Crippen LogP contribution in [-0.2, 0) is 14.4 Å². The lowest BCUT2D eigenvalue weighted by Gasteiger charge is -2.24. The molecule has 1 aliphatic carbocycles. The summed E-state index contributed by atoms with van der Waals surface area (Å²) >= 11 is 0. The van der Waals surface area contributed by atoms with Gasteiger partial charge in [-0.1, -0.05) is 32.6 Å². The van der Waals surface area contributed by atoms with Gasteiger partial charge in [-0.25, -0.2) is 9.59 Å². The Morgan fingerprint density at radius 3 is 2.42 bits per heavy atom. The third kappa shape index (κ3) is 5.49. The smallest absolute Gasteiger partial charge is 0.443 e. The van der Waals surface area contributed by atoms with E-state index in [1.807, 2.05) is 6.92 Å². The van der Waals surface area contributed by atoms with Gasteiger partial charge in [-0.05, 0) is 26.2 Å². The Balaban J connectivity index is 2.49. The molecular weight excluding hydrogens is 246 g/mol. The molecule has 0 radical (unpaired) electrons. The van der Waals surface area contributed by atoms with Gasteiger partial charge < -0.3 is 9.57 Å². The van der Waals surface area contributed by atoms with Crippen molar-refractivity contribution < 1.29 is 19.2 Å². The molecule has 5 nitrogen and oxygen atoms in total. The highest BCUT2D eigenvalue weighted by molar-refractivity contribution is 5.75. The summed E-state index contributed by atoms with van der Waals surface area (Å²) in [7, 11) is 0. The van der Waals surface area contributed by atoms with Crippen molar-refractivity contribution in [2.45, 2.75) is 58.8 Å². The van der Waals surface area contributed by atoms with Gasteiger partial charge >= 0.3 is 12.1 Å². The lowest BCUT2D eigenvalue weighted by molar-refractivity contribution is -0.188. The van der Waals surface area contributed by atoms with E-state index in [0.29, 0.717) is 6.54 Å². The molecule has 5 heteroatoms. The van der Waals surface area contributed by atoms with Gasteiger partial charge in [-0.3, -0.25) is 0 Å². The van der Waals surface area contributed by atoms with Crippen LogP contribution in [0.2, 0.25) is 0 Å². The monoisotopic (exact) mass is 271 g/mol. The Morgan fingerprint density at radius 2 is 1.84 bits per heavy atom. The van der Waals surface area contributed by atoms with Crippen molar-refractivity contribution in [1.82, 2.24) is 5.06 Å². The van der Waals surface area contributed by atoms with Gasteiger partial charge in [-0.15, -0.1) is 5.06 Å². The molecule has 0 atom stereocenters. The van der Waals surface area contributed by atoms with E-state index in [2.05, 4.69) is 0 Å². The van der Waals surface area contributed by atoms with Crippen LogP contribution >= 0.6 is 0 Å². The summed E-state index contributed by atoms with van der Waals surface area (Å²) in [5, 5.41) is 1.07. The molecule has 1 rings (SSSR count). The summed E-state index contributed by atoms with van der Waals surface area (Å²) in [6.07, 6.45) is 6.18. The Kier molecular flexibility index (Phi) is 7.30. The number of unbranched alkanes of at least 4 members (excludes halogenated alkanes) is 1. The fraction of sp³-hybridized carbons (Fsp3) is 0.857. The van der Waals surface area contributed by atoms with Crippen LogP contribution in [0.25, 0.3) is 0 Å². The van der Waals surface area contributed by atoms with Crippen molar-refractivity contribution >= 4 is 12.1 Å². The van der Waals surface area contributed by atoms with E-state index in [1.165, 1.54) is 6.42 Å². The van der Waals surface area contributed by atoms with E-state index in [9.17, 15) is 9.59 Å². The first-order valence-electron chi connectivity index (χ1n) is 7.35. The lowest BCUT2D eigenvalue weighted by atomic mass is 9.89. The molecular formula is C14H25NO4. The van der Waals surface area contributed by atoms with Gasteiger partial charge in [0.15, 0.2) is 0 Å². The van der Waals surface area contributed by atoms with Gasteiger partial charge in [0.1, 0.15) is 0 Å². The maximum atomic E-state index is 12.0. The number of nitrogens with zero attached hydrogens (tertiary/aromatic N) is 1. The lowest BCUT2D eigenvalue weighted by Crippen LogP contribution is -2.37. The maximum absolute atomic E-state index is 12.0. The molecule has 0 unspecified atom stereocenters. The molecule has 0 aromatic carbocycles. The summed E-state index contributed by atoms with van der Waals surface area (Å²) in [6.45, 7) is 4.43. The number of carbonyl (C=O) groups is 2. The van der Waals surface area contributed by atoms with Crippen LogP contribution in [0.1, 0.15) is 58.8 Å². The van der Waals surface area contributed by atoms with Crippen molar-refractivity contribution in [3.8, 4) is 0 Å². The molecule has 0 aromatic heterocycles. The fourth-order valence-corrected chi connectivity index (χ4v) is 2.19. The van der Waals surface area contributed by atoms with E-state index < -0.39 is 6.09 Å². The predicted molar refractivity (Wildman–Crippen MR) is 71.3 cm³/mol. The molecule has 0 N–H and O–H groups in total. The predicted octanol–water partition coefficient (Wildman–Crippen LogP) is 3.28. The summed E-state index contributed by atoms with van der Waals surface area (Å²) in [4.78, 5) is 28.9. The van der Waals surface area contributed by atoms with E-state index in [1.54, 1.807) is 6.92 Å². The minimum atomic E-state index is -0.569. The number of amides is 1. The molecule has 19 heavy (non-hydrogen) atoms. The summed E-state index contributed by atoms with van der Waals surface area (Å²) in [5.74, 6) is -0.351. The van der Waals surface area contributed by atoms with E-state index >= 15 is 0 Å². The summed E-state index contributed by atoms with van der Waals surface area (Å²) in [5.41, 5.74) is 0. The molecule has 0 heterocycles. The van der Waals surface area contributed by atoms with Crippen LogP contribution in [-0.4, -0.2) is 30.3 Å². The first-order chi connectivity index (χ1) is 9.19. The maximum Gasteiger partial charge on any atom is 0.443 e. The highest BCUT2D eigenvalue weighted by Gasteiger charge is 2.27. The molecule has 1 aliphatic rings. The number of ether oxygens (including phenoxy) is 1. The second kappa shape index (κ2) is 8.77. The Hall–Kier alpha value is -1.26. The zero-order chi connectivity index (χ0) is 14.1. The molecule has 1 fully saturated rings. The van der Waals surface area contributed by atoms with Crippen LogP contribution in [0.3, 0.4) is 0 Å². The second-order valence-electron chi connectivity index (χ2n) is 4.90. The Labute approximate surface area is 115 Å². The highest BCUT2D eigenvalue weighted by atomic mass is 16.8. The summed E-state index contributed by atoms with van der Waals surface area (Å²) in [6, 6.07) is 0. The zero-order valence-corrected chi connectivity index (χ0v) is 12.0. The zero-order valence-electron chi connectivity index (χ0n) is 12.0. The first kappa shape index (κ1) is 15.8. The first-order valence-corrected chi connectivity index (χ1v) is 7.35. The molecule has 1 amide bonds. The topological polar surface area (TPSA) is 55.8 Å². The van der Waals surface area contributed by atoms with Gasteiger partial charge in [0, 0.05) is 0 Å². The number of carbonyl (C=O) groups excluding carboxylic acids is 2. The fourth-order valence-electron chi connectivity index (χ4n) is 2.19. The van der Waals surface area contributed by atoms with E-state index in [0.717, 1.165) is 43.6 Å². The summed E-state index contributed by atoms with van der Waals surface area (Å²) < 4.78 is 4.90. The van der Waals surface area contributed by atoms with Crippen LogP contribution in [0.5, 0.6) is 0 Å². The van der Waals surface area contributed by atoms with Gasteiger partial charge in [0.25, 0.3) is 0 Å². The third-order valence-electron chi connectivity index (χ3n) is 3.32. The van der Waals surface area contributed by atoms with Crippen LogP contribution in [0.4, 0.5) is 4.79 Å². The van der Waals surface area contributed by atoms with E-state index in [4.69, 9.17) is 9.57 Å². The largest absolute Gasteiger partial charge is 0.448 e. The molecule has 0 spiro atoms. The molecule has 1 saturated carbocycles. The highest BCUT2D eigenvalue weighted by Crippen LogP contribution is 2.25. The molecule has 110 valence electrons. The van der Waals surface area contributed by atoms with E-state index in [-0.39, 0.29) is 18.5 Å². The molecule has 0 saturated heterocycles. The average Bonchev–Trinajstić information content (AvgIpc) is 2.44. The van der Waals surface area contributed by atoms with Crippen molar-refractivity contribution in [3.05, 3.63) is 0 Å². The van der Waals surface area contributed by atoms with Gasteiger partial charge in [0.2, 0.25) is 0 Å². The molecule has 0 aliphatic heterocycles. The average molecular weight is 271 g/mol. The quantitative estimate of drug-likeness (QED) is 0.720. The third-order valence-corrected chi connectivity index (χ3v) is 3.32. The SMILES string of the molecule is CCCCN(OC(=O)C1CCCCC1)C(=O)OCC. The van der Waals surface area contributed by atoms with Crippen LogP contribution in [0, 0.1) is 5.92 Å². The van der Waals surface area contributed by atoms with Crippen LogP contribution in [0.15, 0.2) is 0 Å². The van der Waals surface area contributed by atoms with Gasteiger partial charge in [-0.2, -0.15) is 0 Å². The number of hydrogen-bond acceptors (Lipinski definition) is 4. The number of hydroxylamine groups is 2. The Bertz CT molecular complexity index is 287. The Morgan fingerprint density at radius 1 is 1.16 bits per heavy atom.